The van der Waals surface area contributed by atoms with Crippen LogP contribution in [0.5, 0.6) is 0 Å². The summed E-state index contributed by atoms with van der Waals surface area (Å²) in [5.41, 5.74) is -0.346. The van der Waals surface area contributed by atoms with Gasteiger partial charge in [-0.3, -0.25) is 19.1 Å². The molecule has 1 saturated carbocycles. The number of hydrogen-bond donors (Lipinski definition) is 2. The molecule has 1 amide bonds. The Morgan fingerprint density at radius 2 is 2.08 bits per heavy atom. The van der Waals surface area contributed by atoms with Gasteiger partial charge in [-0.05, 0) is 19.8 Å². The summed E-state index contributed by atoms with van der Waals surface area (Å²) in [5.74, 6) is 0.0313. The van der Waals surface area contributed by atoms with Gasteiger partial charge < -0.3 is 10.1 Å². The Morgan fingerprint density at radius 1 is 1.36 bits per heavy atom. The van der Waals surface area contributed by atoms with Gasteiger partial charge in [-0.2, -0.15) is 0 Å². The van der Waals surface area contributed by atoms with E-state index in [0.717, 1.165) is 12.8 Å². The summed E-state index contributed by atoms with van der Waals surface area (Å²) in [5, 5.41) is 3.61. The van der Waals surface area contributed by atoms with Crippen LogP contribution < -0.4 is 16.6 Å². The maximum Gasteiger partial charge on any atom is 0.331 e. The third-order valence-electron chi connectivity index (χ3n) is 4.12. The van der Waals surface area contributed by atoms with Crippen LogP contribution in [0.2, 0.25) is 0 Å². The lowest BCUT2D eigenvalue weighted by molar-refractivity contribution is -0.122. The van der Waals surface area contributed by atoms with E-state index in [9.17, 15) is 14.4 Å². The molecular formula is C16H24ClN3O4S. The largest absolute Gasteiger partial charge is 0.340 e. The number of aromatic nitrogens is 2. The summed E-state index contributed by atoms with van der Waals surface area (Å²) in [7, 11) is 0. The van der Waals surface area contributed by atoms with E-state index in [1.54, 1.807) is 18.7 Å². The number of halogens is 1. The minimum absolute atomic E-state index is 0.0200. The summed E-state index contributed by atoms with van der Waals surface area (Å²) in [6.45, 7) is 1.66. The lowest BCUT2D eigenvalue weighted by atomic mass is 10.0. The average molecular weight is 390 g/mol. The normalized spacial score (nSPS) is 15.3. The number of rotatable bonds is 8. The van der Waals surface area contributed by atoms with E-state index < -0.39 is 5.69 Å². The fraction of sp³-hybridized carbons (Fsp3) is 0.688. The molecule has 0 aliphatic heterocycles. The number of H-pyrrole nitrogens is 1. The second-order valence-corrected chi connectivity index (χ2v) is 7.68. The summed E-state index contributed by atoms with van der Waals surface area (Å²) in [6.07, 6.45) is 5.97. The van der Waals surface area contributed by atoms with Crippen molar-refractivity contribution in [1.29, 1.82) is 0 Å². The van der Waals surface area contributed by atoms with Gasteiger partial charge in [-0.25, -0.2) is 4.79 Å². The summed E-state index contributed by atoms with van der Waals surface area (Å²) in [6, 6.07) is 0. The third-order valence-corrected chi connectivity index (χ3v) is 5.86. The van der Waals surface area contributed by atoms with E-state index in [2.05, 4.69) is 10.3 Å². The minimum atomic E-state index is -0.499. The van der Waals surface area contributed by atoms with Gasteiger partial charge in [0.15, 0.2) is 0 Å². The van der Waals surface area contributed by atoms with Crippen LogP contribution in [-0.2, 0) is 16.3 Å². The lowest BCUT2D eigenvalue weighted by Gasteiger charge is -2.23. The zero-order chi connectivity index (χ0) is 18.2. The predicted octanol–water partition coefficient (Wildman–Crippen LogP) is 1.95. The summed E-state index contributed by atoms with van der Waals surface area (Å²) < 4.78 is 6.82. The first kappa shape index (κ1) is 20.1. The Bertz CT molecular complexity index is 698. The first-order valence-electron chi connectivity index (χ1n) is 8.43. The quantitative estimate of drug-likeness (QED) is 0.307. The molecule has 1 aliphatic rings. The van der Waals surface area contributed by atoms with Gasteiger partial charge in [0.05, 0.1) is 5.03 Å². The molecule has 140 valence electrons. The van der Waals surface area contributed by atoms with Crippen molar-refractivity contribution in [2.75, 3.05) is 12.6 Å². The first-order chi connectivity index (χ1) is 12.0. The monoisotopic (exact) mass is 389 g/mol. The van der Waals surface area contributed by atoms with E-state index in [0.29, 0.717) is 15.8 Å². The van der Waals surface area contributed by atoms with Crippen LogP contribution in [0, 0.1) is 6.92 Å². The molecule has 2 N–H and O–H groups in total. The molecule has 0 bridgehead atoms. The Balaban J connectivity index is 2.07. The Kier molecular flexibility index (Phi) is 8.05. The van der Waals surface area contributed by atoms with Crippen molar-refractivity contribution in [2.45, 2.75) is 62.5 Å². The number of ether oxygens (including phenoxy) is 1. The highest BCUT2D eigenvalue weighted by atomic mass is 35.5. The number of aromatic amines is 1. The molecule has 9 heteroatoms. The topological polar surface area (TPSA) is 93.2 Å². The predicted molar refractivity (Wildman–Crippen MR) is 98.2 cm³/mol. The van der Waals surface area contributed by atoms with E-state index in [1.807, 2.05) is 0 Å². The number of amides is 1. The van der Waals surface area contributed by atoms with E-state index >= 15 is 0 Å². The van der Waals surface area contributed by atoms with Crippen LogP contribution >= 0.6 is 23.4 Å². The van der Waals surface area contributed by atoms with E-state index in [4.69, 9.17) is 16.3 Å². The summed E-state index contributed by atoms with van der Waals surface area (Å²) in [4.78, 5) is 37.8. The van der Waals surface area contributed by atoms with Crippen molar-refractivity contribution in [3.05, 3.63) is 26.4 Å². The molecule has 1 aliphatic carbocycles. The zero-order valence-corrected chi connectivity index (χ0v) is 15.9. The van der Waals surface area contributed by atoms with Gasteiger partial charge in [0, 0.05) is 23.1 Å². The molecule has 0 aromatic carbocycles. The molecule has 25 heavy (non-hydrogen) atoms. The van der Waals surface area contributed by atoms with E-state index in [-0.39, 0.29) is 37.2 Å². The molecule has 1 heterocycles. The van der Waals surface area contributed by atoms with Crippen molar-refractivity contribution >= 4 is 29.3 Å². The number of nitrogens with one attached hydrogen (secondary N) is 2. The van der Waals surface area contributed by atoms with Crippen LogP contribution in [0.3, 0.4) is 0 Å². The van der Waals surface area contributed by atoms with Crippen LogP contribution in [0.4, 0.5) is 0 Å². The molecule has 1 aromatic heterocycles. The third kappa shape index (κ3) is 5.90. The maximum atomic E-state index is 12.2. The van der Waals surface area contributed by atoms with Crippen molar-refractivity contribution in [1.82, 2.24) is 14.9 Å². The number of thioether (sulfide) groups is 1. The lowest BCUT2D eigenvalue weighted by Crippen LogP contribution is -2.35. The fourth-order valence-corrected chi connectivity index (χ4v) is 4.29. The number of alkyl halides is 1. The SMILES string of the molecule is Cc1c(SC2CCCCC2)n(COCNC(=O)CCCl)c(=O)[nH]c1=O. The second-order valence-electron chi connectivity index (χ2n) is 6.01. The Labute approximate surface area is 155 Å². The molecule has 0 radical (unpaired) electrons. The standard InChI is InChI=1S/C16H24ClN3O4S/c1-11-14(22)19-16(23)20(10-24-9-18-13(21)7-8-17)15(11)25-12-5-3-2-4-6-12/h12H,2-10H2,1H3,(H,18,21)(H,19,22,23). The smallest absolute Gasteiger partial charge is 0.331 e. The molecule has 1 fully saturated rings. The van der Waals surface area contributed by atoms with Gasteiger partial charge in [-0.1, -0.05) is 19.3 Å². The summed E-state index contributed by atoms with van der Waals surface area (Å²) >= 11 is 7.06. The molecule has 0 saturated heterocycles. The van der Waals surface area contributed by atoms with Crippen LogP contribution in [0.1, 0.15) is 44.1 Å². The maximum absolute atomic E-state index is 12.2. The van der Waals surface area contributed by atoms with Gasteiger partial charge in [0.25, 0.3) is 5.56 Å². The van der Waals surface area contributed by atoms with Crippen molar-refractivity contribution < 1.29 is 9.53 Å². The molecule has 0 atom stereocenters. The van der Waals surface area contributed by atoms with Gasteiger partial charge in [0.2, 0.25) is 5.91 Å². The molecule has 0 unspecified atom stereocenters. The van der Waals surface area contributed by atoms with Crippen molar-refractivity contribution in [2.24, 2.45) is 0 Å². The van der Waals surface area contributed by atoms with Gasteiger partial charge in [0.1, 0.15) is 13.5 Å². The zero-order valence-electron chi connectivity index (χ0n) is 14.3. The molecule has 7 nitrogen and oxygen atoms in total. The number of nitrogens with zero attached hydrogens (tertiary/aromatic N) is 1. The highest BCUT2D eigenvalue weighted by Crippen LogP contribution is 2.33. The average Bonchev–Trinajstić information content (AvgIpc) is 2.59. The molecular weight excluding hydrogens is 366 g/mol. The molecule has 0 spiro atoms. The van der Waals surface area contributed by atoms with Crippen LogP contribution in [0.25, 0.3) is 0 Å². The molecule has 1 aromatic rings. The fourth-order valence-electron chi connectivity index (χ4n) is 2.70. The van der Waals surface area contributed by atoms with Gasteiger partial charge in [-0.15, -0.1) is 23.4 Å². The van der Waals surface area contributed by atoms with Crippen molar-refractivity contribution in [3.8, 4) is 0 Å². The number of hydrogen-bond acceptors (Lipinski definition) is 5. The van der Waals surface area contributed by atoms with E-state index in [1.165, 1.54) is 23.8 Å². The van der Waals surface area contributed by atoms with Gasteiger partial charge >= 0.3 is 5.69 Å². The molecule has 2 rings (SSSR count). The highest BCUT2D eigenvalue weighted by Gasteiger charge is 2.20. The second kappa shape index (κ2) is 10.0. The Morgan fingerprint density at radius 3 is 2.76 bits per heavy atom. The van der Waals surface area contributed by atoms with Crippen molar-refractivity contribution in [3.63, 3.8) is 0 Å². The Hall–Kier alpha value is -1.25. The van der Waals surface area contributed by atoms with Crippen LogP contribution in [-0.4, -0.2) is 33.3 Å². The minimum Gasteiger partial charge on any atom is -0.340 e. The number of carbonyl (C=O) groups excluding carboxylic acids is 1. The first-order valence-corrected chi connectivity index (χ1v) is 9.85. The number of carbonyl (C=O) groups is 1. The van der Waals surface area contributed by atoms with Crippen LogP contribution in [0.15, 0.2) is 14.6 Å². The highest BCUT2D eigenvalue weighted by molar-refractivity contribution is 7.99.